The van der Waals surface area contributed by atoms with Gasteiger partial charge in [0.05, 0.1) is 19.1 Å². The zero-order valence-electron chi connectivity index (χ0n) is 18.5. The first kappa shape index (κ1) is 25.2. The van der Waals surface area contributed by atoms with E-state index in [1.807, 2.05) is 0 Å². The number of nitrogens with one attached hydrogen (secondary N) is 1. The van der Waals surface area contributed by atoms with E-state index in [2.05, 4.69) is 29.8 Å². The van der Waals surface area contributed by atoms with Crippen molar-refractivity contribution in [2.75, 3.05) is 19.7 Å². The Morgan fingerprint density at radius 3 is 2.34 bits per heavy atom. The van der Waals surface area contributed by atoms with Crippen LogP contribution in [-0.2, 0) is 23.9 Å². The summed E-state index contributed by atoms with van der Waals surface area (Å²) in [6, 6.07) is -1.52. The van der Waals surface area contributed by atoms with Crippen LogP contribution in [0.1, 0.15) is 34.1 Å². The normalized spacial score (nSPS) is 22.0. The third-order valence-electron chi connectivity index (χ3n) is 4.74. The Bertz CT molecular complexity index is 907. The van der Waals surface area contributed by atoms with Gasteiger partial charge in [-0.3, -0.25) is 19.3 Å². The van der Waals surface area contributed by atoms with Crippen molar-refractivity contribution in [2.24, 2.45) is 0 Å². The molecule has 1 fully saturated rings. The molecule has 3 amide bonds. The Labute approximate surface area is 193 Å². The van der Waals surface area contributed by atoms with Gasteiger partial charge in [0.15, 0.2) is 0 Å². The SMILES string of the molecule is C#CCN(CC#C)C(=O)C1=C(COC(C)=O)C[C@@H](S)[C@H]2[C@@H](NC(=O)OC(C)(C)C)C(=O)N12. The second kappa shape index (κ2) is 10.0. The van der Waals surface area contributed by atoms with Crippen molar-refractivity contribution in [3.63, 3.8) is 0 Å². The van der Waals surface area contributed by atoms with E-state index >= 15 is 0 Å². The molecule has 1 saturated heterocycles. The summed E-state index contributed by atoms with van der Waals surface area (Å²) >= 11 is 4.57. The number of carbonyl (C=O) groups is 4. The van der Waals surface area contributed by atoms with Gasteiger partial charge in [-0.15, -0.1) is 12.8 Å². The summed E-state index contributed by atoms with van der Waals surface area (Å²) in [5.41, 5.74) is -0.281. The van der Waals surface area contributed by atoms with E-state index in [0.29, 0.717) is 5.57 Å². The van der Waals surface area contributed by atoms with Gasteiger partial charge >= 0.3 is 12.1 Å². The van der Waals surface area contributed by atoms with Gasteiger partial charge in [-0.25, -0.2) is 4.79 Å². The number of nitrogens with zero attached hydrogens (tertiary/aromatic N) is 2. The molecule has 2 rings (SSSR count). The molecular weight excluding hydrogens is 434 g/mol. The van der Waals surface area contributed by atoms with E-state index < -0.39 is 46.8 Å². The standard InChI is InChI=1S/C22H27N3O6S/c1-7-9-24(10-8-2)20(28)17-14(12-30-13(3)26)11-15(32)18-16(19(27)25(17)18)23-21(29)31-22(4,5)6/h1-2,15-16,18,32H,9-12H2,3-6H3,(H,23,29)/t15-,16-,18+/m1/s1. The van der Waals surface area contributed by atoms with Crippen LogP contribution in [0.25, 0.3) is 0 Å². The molecule has 0 aliphatic carbocycles. The molecule has 0 spiro atoms. The predicted molar refractivity (Wildman–Crippen MR) is 119 cm³/mol. The maximum Gasteiger partial charge on any atom is 0.408 e. The number of amides is 3. The fourth-order valence-electron chi connectivity index (χ4n) is 3.53. The summed E-state index contributed by atoms with van der Waals surface area (Å²) in [6.07, 6.45) is 10.2. The molecule has 2 heterocycles. The van der Waals surface area contributed by atoms with E-state index in [-0.39, 0.29) is 31.8 Å². The molecule has 32 heavy (non-hydrogen) atoms. The lowest BCUT2D eigenvalue weighted by molar-refractivity contribution is -0.152. The van der Waals surface area contributed by atoms with Crippen LogP contribution < -0.4 is 5.32 Å². The second-order valence-corrected chi connectivity index (χ2v) is 9.06. The summed E-state index contributed by atoms with van der Waals surface area (Å²) in [7, 11) is 0. The van der Waals surface area contributed by atoms with Crippen molar-refractivity contribution in [3.05, 3.63) is 11.3 Å². The van der Waals surface area contributed by atoms with Crippen molar-refractivity contribution >= 4 is 36.5 Å². The summed E-state index contributed by atoms with van der Waals surface area (Å²) in [5, 5.41) is 2.13. The van der Waals surface area contributed by atoms with Crippen LogP contribution in [0.3, 0.4) is 0 Å². The van der Waals surface area contributed by atoms with Crippen LogP contribution in [0.2, 0.25) is 0 Å². The van der Waals surface area contributed by atoms with Gasteiger partial charge in [-0.1, -0.05) is 11.8 Å². The van der Waals surface area contributed by atoms with Crippen LogP contribution in [0.4, 0.5) is 4.79 Å². The molecule has 3 atom stereocenters. The molecule has 10 heteroatoms. The second-order valence-electron chi connectivity index (χ2n) is 8.40. The highest BCUT2D eigenvalue weighted by molar-refractivity contribution is 7.81. The molecule has 172 valence electrons. The quantitative estimate of drug-likeness (QED) is 0.261. The molecule has 2 aliphatic rings. The highest BCUT2D eigenvalue weighted by Crippen LogP contribution is 2.40. The Hall–Kier alpha value is -3.11. The number of rotatable bonds is 6. The zero-order chi connectivity index (χ0) is 24.2. The van der Waals surface area contributed by atoms with Gasteiger partial charge in [0.2, 0.25) is 0 Å². The zero-order valence-corrected chi connectivity index (χ0v) is 19.4. The highest BCUT2D eigenvalue weighted by atomic mass is 32.1. The average Bonchev–Trinajstić information content (AvgIpc) is 2.68. The Morgan fingerprint density at radius 1 is 1.25 bits per heavy atom. The van der Waals surface area contributed by atoms with Crippen LogP contribution in [0.15, 0.2) is 11.3 Å². The van der Waals surface area contributed by atoms with Crippen LogP contribution >= 0.6 is 12.6 Å². The fraction of sp³-hybridized carbons (Fsp3) is 0.545. The number of hydrogen-bond donors (Lipinski definition) is 2. The largest absolute Gasteiger partial charge is 0.461 e. The first-order valence-electron chi connectivity index (χ1n) is 9.93. The first-order valence-corrected chi connectivity index (χ1v) is 10.4. The summed E-state index contributed by atoms with van der Waals surface area (Å²) in [6.45, 7) is 6.04. The molecule has 2 aliphatic heterocycles. The number of terminal acetylenes is 2. The Balaban J connectivity index is 2.38. The van der Waals surface area contributed by atoms with Crippen molar-refractivity contribution < 1.29 is 28.7 Å². The molecule has 0 aromatic rings. The summed E-state index contributed by atoms with van der Waals surface area (Å²) < 4.78 is 10.3. The molecule has 0 unspecified atom stereocenters. The van der Waals surface area contributed by atoms with E-state index in [4.69, 9.17) is 22.3 Å². The number of hydrogen-bond acceptors (Lipinski definition) is 7. The molecule has 0 radical (unpaired) electrons. The minimum atomic E-state index is -0.917. The van der Waals surface area contributed by atoms with Crippen LogP contribution in [0.5, 0.6) is 0 Å². The lowest BCUT2D eigenvalue weighted by Crippen LogP contribution is -2.75. The number of thiol groups is 1. The predicted octanol–water partition coefficient (Wildman–Crippen LogP) is 0.705. The van der Waals surface area contributed by atoms with Crippen molar-refractivity contribution in [3.8, 4) is 24.7 Å². The lowest BCUT2D eigenvalue weighted by Gasteiger charge is -2.53. The third-order valence-corrected chi connectivity index (χ3v) is 5.23. The molecular formula is C22H27N3O6S. The summed E-state index contributed by atoms with van der Waals surface area (Å²) in [4.78, 5) is 52.4. The first-order chi connectivity index (χ1) is 14.9. The van der Waals surface area contributed by atoms with Crippen molar-refractivity contribution in [2.45, 2.75) is 57.1 Å². The van der Waals surface area contributed by atoms with Gasteiger partial charge in [0.25, 0.3) is 11.8 Å². The van der Waals surface area contributed by atoms with Gasteiger partial charge in [-0.2, -0.15) is 12.6 Å². The average molecular weight is 462 g/mol. The van der Waals surface area contributed by atoms with Gasteiger partial charge < -0.3 is 19.7 Å². The number of ether oxygens (including phenoxy) is 2. The third kappa shape index (κ3) is 5.57. The molecule has 0 aromatic heterocycles. The number of esters is 1. The number of β-lactam (4-membered cyclic amide) rings is 1. The Kier molecular flexibility index (Phi) is 7.87. The van der Waals surface area contributed by atoms with E-state index in [0.717, 1.165) is 0 Å². The molecule has 1 N–H and O–H groups in total. The lowest BCUT2D eigenvalue weighted by atomic mass is 9.82. The minimum absolute atomic E-state index is 0.0410. The van der Waals surface area contributed by atoms with Crippen LogP contribution in [0, 0.1) is 24.7 Å². The summed E-state index contributed by atoms with van der Waals surface area (Å²) in [5.74, 6) is 3.13. The maximum absolute atomic E-state index is 13.3. The smallest absolute Gasteiger partial charge is 0.408 e. The number of carbonyl (C=O) groups excluding carboxylic acids is 4. The van der Waals surface area contributed by atoms with E-state index in [9.17, 15) is 19.2 Å². The maximum atomic E-state index is 13.3. The van der Waals surface area contributed by atoms with Crippen molar-refractivity contribution in [1.29, 1.82) is 0 Å². The molecule has 0 aromatic carbocycles. The van der Waals surface area contributed by atoms with Gasteiger partial charge in [0.1, 0.15) is 23.9 Å². The van der Waals surface area contributed by atoms with Gasteiger partial charge in [-0.05, 0) is 32.8 Å². The minimum Gasteiger partial charge on any atom is -0.461 e. The molecule has 9 nitrogen and oxygen atoms in total. The van der Waals surface area contributed by atoms with E-state index in [1.165, 1.54) is 16.7 Å². The van der Waals surface area contributed by atoms with Gasteiger partial charge in [0, 0.05) is 12.2 Å². The molecule has 0 saturated carbocycles. The number of alkyl carbamates (subject to hydrolysis) is 1. The van der Waals surface area contributed by atoms with E-state index in [1.54, 1.807) is 20.8 Å². The van der Waals surface area contributed by atoms with Crippen LogP contribution in [-0.4, -0.2) is 76.3 Å². The monoisotopic (exact) mass is 461 g/mol. The Morgan fingerprint density at radius 2 is 1.84 bits per heavy atom. The van der Waals surface area contributed by atoms with Crippen molar-refractivity contribution in [1.82, 2.24) is 15.1 Å². The number of fused-ring (bicyclic) bond motifs is 1. The highest BCUT2D eigenvalue weighted by Gasteiger charge is 2.57. The topological polar surface area (TPSA) is 105 Å². The molecule has 0 bridgehead atoms. The fourth-order valence-corrected chi connectivity index (χ4v) is 4.05.